The van der Waals surface area contributed by atoms with Crippen molar-refractivity contribution in [2.45, 2.75) is 12.8 Å². The molecule has 0 saturated carbocycles. The van der Waals surface area contributed by atoms with Crippen LogP contribution in [0.5, 0.6) is 0 Å². The van der Waals surface area contributed by atoms with Gasteiger partial charge in [-0.25, -0.2) is 0 Å². The fraction of sp³-hybridized carbons (Fsp3) is 0.143. The SMILES string of the molecule is Cc1ccoc1C(=O)C(C#N)c1ccccc1Br. The molecule has 2 aromatic rings. The Labute approximate surface area is 113 Å². The first-order chi connectivity index (χ1) is 8.65. The average molecular weight is 304 g/mol. The Hall–Kier alpha value is -1.86. The second-order valence-corrected chi connectivity index (χ2v) is 4.73. The van der Waals surface area contributed by atoms with Crippen LogP contribution in [-0.2, 0) is 0 Å². The van der Waals surface area contributed by atoms with E-state index in [2.05, 4.69) is 15.9 Å². The number of nitrogens with zero attached hydrogens (tertiary/aromatic N) is 1. The van der Waals surface area contributed by atoms with Gasteiger partial charge in [-0.1, -0.05) is 34.1 Å². The summed E-state index contributed by atoms with van der Waals surface area (Å²) in [6, 6.07) is 10.9. The molecule has 0 saturated heterocycles. The molecule has 0 bridgehead atoms. The van der Waals surface area contributed by atoms with Gasteiger partial charge >= 0.3 is 0 Å². The van der Waals surface area contributed by atoms with E-state index in [0.29, 0.717) is 5.56 Å². The summed E-state index contributed by atoms with van der Waals surface area (Å²) in [6.07, 6.45) is 1.46. The Morgan fingerprint density at radius 2 is 2.11 bits per heavy atom. The van der Waals surface area contributed by atoms with Gasteiger partial charge in [0.2, 0.25) is 5.78 Å². The van der Waals surface area contributed by atoms with Crippen LogP contribution in [-0.4, -0.2) is 5.78 Å². The van der Waals surface area contributed by atoms with Gasteiger partial charge in [0.1, 0.15) is 5.92 Å². The molecular weight excluding hydrogens is 294 g/mol. The van der Waals surface area contributed by atoms with E-state index in [1.165, 1.54) is 6.26 Å². The molecule has 1 atom stereocenters. The topological polar surface area (TPSA) is 54.0 Å². The Morgan fingerprint density at radius 1 is 1.39 bits per heavy atom. The Balaban J connectivity index is 2.43. The number of aryl methyl sites for hydroxylation is 1. The number of rotatable bonds is 3. The van der Waals surface area contributed by atoms with Crippen LogP contribution < -0.4 is 0 Å². The number of benzene rings is 1. The van der Waals surface area contributed by atoms with Crippen molar-refractivity contribution < 1.29 is 9.21 Å². The smallest absolute Gasteiger partial charge is 0.219 e. The normalized spacial score (nSPS) is 11.8. The van der Waals surface area contributed by atoms with Gasteiger partial charge in [-0.2, -0.15) is 5.26 Å². The average Bonchev–Trinajstić information content (AvgIpc) is 2.78. The monoisotopic (exact) mass is 303 g/mol. The summed E-state index contributed by atoms with van der Waals surface area (Å²) in [4.78, 5) is 12.3. The number of Topliss-reactive ketones (excluding diaryl/α,β-unsaturated/α-hetero) is 1. The molecular formula is C14H10BrNO2. The van der Waals surface area contributed by atoms with Crippen molar-refractivity contribution in [3.05, 3.63) is 58.0 Å². The third kappa shape index (κ3) is 2.22. The molecule has 90 valence electrons. The molecule has 1 aromatic heterocycles. The van der Waals surface area contributed by atoms with E-state index in [-0.39, 0.29) is 11.5 Å². The number of furan rings is 1. The lowest BCUT2D eigenvalue weighted by atomic mass is 9.94. The first-order valence-corrected chi connectivity index (χ1v) is 6.16. The van der Waals surface area contributed by atoms with Crippen LogP contribution in [0, 0.1) is 18.3 Å². The highest BCUT2D eigenvalue weighted by Gasteiger charge is 2.26. The zero-order chi connectivity index (χ0) is 13.1. The maximum absolute atomic E-state index is 12.3. The largest absolute Gasteiger partial charge is 0.461 e. The molecule has 1 heterocycles. The number of carbonyl (C=O) groups is 1. The molecule has 0 N–H and O–H groups in total. The van der Waals surface area contributed by atoms with Gasteiger partial charge in [0.05, 0.1) is 12.3 Å². The standard InChI is InChI=1S/C14H10BrNO2/c1-9-6-7-18-14(9)13(17)11(8-16)10-4-2-3-5-12(10)15/h2-7,11H,1H3. The van der Waals surface area contributed by atoms with Gasteiger partial charge in [0, 0.05) is 4.47 Å². The number of hydrogen-bond acceptors (Lipinski definition) is 3. The highest BCUT2D eigenvalue weighted by Crippen LogP contribution is 2.28. The zero-order valence-corrected chi connectivity index (χ0v) is 11.3. The predicted molar refractivity (Wildman–Crippen MR) is 70.3 cm³/mol. The van der Waals surface area contributed by atoms with Crippen molar-refractivity contribution in [1.29, 1.82) is 5.26 Å². The molecule has 1 aromatic carbocycles. The fourth-order valence-electron chi connectivity index (χ4n) is 1.73. The van der Waals surface area contributed by atoms with E-state index in [1.54, 1.807) is 25.1 Å². The summed E-state index contributed by atoms with van der Waals surface area (Å²) >= 11 is 3.35. The van der Waals surface area contributed by atoms with Crippen LogP contribution in [0.25, 0.3) is 0 Å². The third-order valence-electron chi connectivity index (χ3n) is 2.69. The van der Waals surface area contributed by atoms with Crippen molar-refractivity contribution in [2.75, 3.05) is 0 Å². The molecule has 2 rings (SSSR count). The number of halogens is 1. The highest BCUT2D eigenvalue weighted by atomic mass is 79.9. The van der Waals surface area contributed by atoms with Crippen molar-refractivity contribution in [1.82, 2.24) is 0 Å². The summed E-state index contributed by atoms with van der Waals surface area (Å²) in [5.41, 5.74) is 1.40. The van der Waals surface area contributed by atoms with Crippen LogP contribution in [0.15, 0.2) is 45.5 Å². The molecule has 4 heteroatoms. The van der Waals surface area contributed by atoms with Gasteiger partial charge < -0.3 is 4.42 Å². The van der Waals surface area contributed by atoms with Crippen LogP contribution in [0.3, 0.4) is 0 Å². The second kappa shape index (κ2) is 5.19. The predicted octanol–water partition coefficient (Wildman–Crippen LogP) is 3.84. The lowest BCUT2D eigenvalue weighted by molar-refractivity contribution is 0.0951. The molecule has 3 nitrogen and oxygen atoms in total. The molecule has 1 unspecified atom stereocenters. The number of carbonyl (C=O) groups excluding carboxylic acids is 1. The van der Waals surface area contributed by atoms with Gasteiger partial charge in [0.15, 0.2) is 5.76 Å². The summed E-state index contributed by atoms with van der Waals surface area (Å²) in [5.74, 6) is -0.922. The number of hydrogen-bond donors (Lipinski definition) is 0. The van der Waals surface area contributed by atoms with Crippen LogP contribution in [0.1, 0.15) is 27.6 Å². The van der Waals surface area contributed by atoms with Crippen molar-refractivity contribution in [3.63, 3.8) is 0 Å². The Kier molecular flexibility index (Phi) is 3.63. The van der Waals surface area contributed by atoms with E-state index in [4.69, 9.17) is 4.42 Å². The maximum Gasteiger partial charge on any atom is 0.219 e. The molecule has 18 heavy (non-hydrogen) atoms. The third-order valence-corrected chi connectivity index (χ3v) is 3.42. The molecule has 0 amide bonds. The first kappa shape index (κ1) is 12.6. The number of ketones is 1. The molecule has 0 fully saturated rings. The molecule has 0 aliphatic rings. The minimum Gasteiger partial charge on any atom is -0.461 e. The summed E-state index contributed by atoms with van der Waals surface area (Å²) < 4.78 is 5.90. The van der Waals surface area contributed by atoms with E-state index in [1.807, 2.05) is 18.2 Å². The van der Waals surface area contributed by atoms with Crippen molar-refractivity contribution >= 4 is 21.7 Å². The highest BCUT2D eigenvalue weighted by molar-refractivity contribution is 9.10. The zero-order valence-electron chi connectivity index (χ0n) is 9.68. The van der Waals surface area contributed by atoms with E-state index >= 15 is 0 Å². The van der Waals surface area contributed by atoms with E-state index in [9.17, 15) is 10.1 Å². The van der Waals surface area contributed by atoms with Crippen LogP contribution in [0.2, 0.25) is 0 Å². The van der Waals surface area contributed by atoms with E-state index in [0.717, 1.165) is 10.0 Å². The number of nitriles is 1. The Bertz CT molecular complexity index is 625. The lowest BCUT2D eigenvalue weighted by Crippen LogP contribution is -2.12. The fourth-order valence-corrected chi connectivity index (χ4v) is 2.25. The van der Waals surface area contributed by atoms with Gasteiger partial charge in [-0.05, 0) is 30.2 Å². The van der Waals surface area contributed by atoms with E-state index < -0.39 is 5.92 Å². The summed E-state index contributed by atoms with van der Waals surface area (Å²) in [7, 11) is 0. The maximum atomic E-state index is 12.3. The van der Waals surface area contributed by atoms with Crippen molar-refractivity contribution in [3.8, 4) is 6.07 Å². The lowest BCUT2D eigenvalue weighted by Gasteiger charge is -2.09. The quantitative estimate of drug-likeness (QED) is 0.810. The molecule has 0 aliphatic heterocycles. The van der Waals surface area contributed by atoms with Crippen LogP contribution >= 0.6 is 15.9 Å². The molecule has 0 aliphatic carbocycles. The van der Waals surface area contributed by atoms with Gasteiger partial charge in [-0.3, -0.25) is 4.79 Å². The molecule has 0 spiro atoms. The minimum absolute atomic E-state index is 0.248. The summed E-state index contributed by atoms with van der Waals surface area (Å²) in [5, 5.41) is 9.23. The van der Waals surface area contributed by atoms with Crippen molar-refractivity contribution in [2.24, 2.45) is 0 Å². The summed E-state index contributed by atoms with van der Waals surface area (Å²) in [6.45, 7) is 1.78. The minimum atomic E-state index is -0.856. The van der Waals surface area contributed by atoms with Gasteiger partial charge in [0.25, 0.3) is 0 Å². The second-order valence-electron chi connectivity index (χ2n) is 3.88. The van der Waals surface area contributed by atoms with Crippen LogP contribution in [0.4, 0.5) is 0 Å². The molecule has 0 radical (unpaired) electrons. The first-order valence-electron chi connectivity index (χ1n) is 5.37. The Morgan fingerprint density at radius 3 is 2.67 bits per heavy atom. The van der Waals surface area contributed by atoms with Gasteiger partial charge in [-0.15, -0.1) is 0 Å².